The Labute approximate surface area is 121 Å². The molecule has 0 heterocycles. The number of benzene rings is 2. The zero-order chi connectivity index (χ0) is 15.0. The van der Waals surface area contributed by atoms with Crippen molar-refractivity contribution < 1.29 is 9.31 Å². The zero-order valence-corrected chi connectivity index (χ0v) is 11.6. The number of fused-ring (bicyclic) bond motifs is 1. The van der Waals surface area contributed by atoms with E-state index in [1.807, 2.05) is 6.92 Å². The van der Waals surface area contributed by atoms with Crippen LogP contribution in [0, 0.1) is 22.9 Å². The van der Waals surface area contributed by atoms with Gasteiger partial charge in [-0.2, -0.15) is 0 Å². The summed E-state index contributed by atoms with van der Waals surface area (Å²) in [5.74, 6) is -0.221. The van der Waals surface area contributed by atoms with Crippen LogP contribution in [0.25, 0.3) is 0 Å². The number of aryl methyl sites for hydroxylation is 2. The van der Waals surface area contributed by atoms with Gasteiger partial charge < -0.3 is 5.32 Å². The summed E-state index contributed by atoms with van der Waals surface area (Å²) in [5.41, 5.74) is 3.86. The summed E-state index contributed by atoms with van der Waals surface area (Å²) in [4.78, 5) is 10.5. The van der Waals surface area contributed by atoms with Crippen LogP contribution in [-0.2, 0) is 6.42 Å². The topological polar surface area (TPSA) is 55.2 Å². The molecule has 1 aliphatic rings. The highest BCUT2D eigenvalue weighted by Crippen LogP contribution is 2.35. The van der Waals surface area contributed by atoms with E-state index in [1.54, 1.807) is 24.3 Å². The van der Waals surface area contributed by atoms with Crippen molar-refractivity contribution >= 4 is 11.4 Å². The molecule has 4 nitrogen and oxygen atoms in total. The second-order valence-electron chi connectivity index (χ2n) is 5.34. The lowest BCUT2D eigenvalue weighted by molar-refractivity contribution is -0.384. The van der Waals surface area contributed by atoms with Gasteiger partial charge in [0.2, 0.25) is 0 Å². The fourth-order valence-corrected chi connectivity index (χ4v) is 2.80. The first-order valence-corrected chi connectivity index (χ1v) is 6.84. The maximum atomic E-state index is 13.2. The standard InChI is InChI=1S/C16H15FN2O2/c1-10-2-5-13(19(20)21)9-16(10)18-15-7-3-11-8-12(17)4-6-14(11)15/h2,4-6,8-9,15,18H,3,7H2,1H3. The Bertz CT molecular complexity index is 715. The molecule has 0 amide bonds. The Balaban J connectivity index is 1.89. The average molecular weight is 286 g/mol. The molecular weight excluding hydrogens is 271 g/mol. The second-order valence-corrected chi connectivity index (χ2v) is 5.34. The quantitative estimate of drug-likeness (QED) is 0.681. The Hall–Kier alpha value is -2.43. The van der Waals surface area contributed by atoms with E-state index in [1.165, 1.54) is 12.1 Å². The van der Waals surface area contributed by atoms with E-state index in [-0.39, 0.29) is 17.5 Å². The number of hydrogen-bond donors (Lipinski definition) is 1. The van der Waals surface area contributed by atoms with Crippen molar-refractivity contribution in [1.82, 2.24) is 0 Å². The van der Waals surface area contributed by atoms with Crippen molar-refractivity contribution in [2.45, 2.75) is 25.8 Å². The summed E-state index contributed by atoms with van der Waals surface area (Å²) in [6.45, 7) is 1.91. The maximum absolute atomic E-state index is 13.2. The fourth-order valence-electron chi connectivity index (χ4n) is 2.80. The average Bonchev–Trinajstić information content (AvgIpc) is 2.83. The van der Waals surface area contributed by atoms with Gasteiger partial charge in [-0.25, -0.2) is 4.39 Å². The first-order chi connectivity index (χ1) is 10.0. The third-order valence-electron chi connectivity index (χ3n) is 3.94. The number of halogens is 1. The van der Waals surface area contributed by atoms with Gasteiger partial charge in [-0.05, 0) is 48.6 Å². The van der Waals surface area contributed by atoms with E-state index in [0.717, 1.165) is 35.2 Å². The molecule has 2 aromatic carbocycles. The van der Waals surface area contributed by atoms with Gasteiger partial charge in [0.15, 0.2) is 0 Å². The predicted molar refractivity (Wildman–Crippen MR) is 78.9 cm³/mol. The highest BCUT2D eigenvalue weighted by atomic mass is 19.1. The van der Waals surface area contributed by atoms with Crippen molar-refractivity contribution in [3.63, 3.8) is 0 Å². The molecule has 3 rings (SSSR count). The molecule has 1 unspecified atom stereocenters. The van der Waals surface area contributed by atoms with Crippen LogP contribution in [0.2, 0.25) is 0 Å². The van der Waals surface area contributed by atoms with Crippen LogP contribution < -0.4 is 5.32 Å². The van der Waals surface area contributed by atoms with Crippen LogP contribution in [0.3, 0.4) is 0 Å². The van der Waals surface area contributed by atoms with Gasteiger partial charge in [0, 0.05) is 17.8 Å². The van der Waals surface area contributed by atoms with Crippen LogP contribution >= 0.6 is 0 Å². The number of rotatable bonds is 3. The van der Waals surface area contributed by atoms with E-state index >= 15 is 0 Å². The van der Waals surface area contributed by atoms with Gasteiger partial charge in [-0.15, -0.1) is 0 Å². The molecular formula is C16H15FN2O2. The second kappa shape index (κ2) is 5.16. The van der Waals surface area contributed by atoms with E-state index in [9.17, 15) is 14.5 Å². The molecule has 0 spiro atoms. The molecule has 2 aromatic rings. The van der Waals surface area contributed by atoms with Gasteiger partial charge in [-0.1, -0.05) is 12.1 Å². The summed E-state index contributed by atoms with van der Waals surface area (Å²) in [6, 6.07) is 9.68. The number of nitro groups is 1. The Kier molecular flexibility index (Phi) is 3.33. The normalized spacial score (nSPS) is 16.6. The van der Waals surface area contributed by atoms with E-state index in [2.05, 4.69) is 5.32 Å². The Morgan fingerprint density at radius 2 is 2.10 bits per heavy atom. The molecule has 0 saturated carbocycles. The van der Waals surface area contributed by atoms with Crippen LogP contribution in [-0.4, -0.2) is 4.92 Å². The third-order valence-corrected chi connectivity index (χ3v) is 3.94. The van der Waals surface area contributed by atoms with Gasteiger partial charge >= 0.3 is 0 Å². The molecule has 21 heavy (non-hydrogen) atoms. The largest absolute Gasteiger partial charge is 0.378 e. The fraction of sp³-hybridized carbons (Fsp3) is 0.250. The summed E-state index contributed by atoms with van der Waals surface area (Å²) in [7, 11) is 0. The maximum Gasteiger partial charge on any atom is 0.271 e. The number of hydrogen-bond acceptors (Lipinski definition) is 3. The van der Waals surface area contributed by atoms with E-state index in [0.29, 0.717) is 0 Å². The van der Waals surface area contributed by atoms with Crippen LogP contribution in [0.15, 0.2) is 36.4 Å². The lowest BCUT2D eigenvalue weighted by atomic mass is 10.1. The predicted octanol–water partition coefficient (Wildman–Crippen LogP) is 4.14. The molecule has 5 heteroatoms. The van der Waals surface area contributed by atoms with Crippen LogP contribution in [0.5, 0.6) is 0 Å². The van der Waals surface area contributed by atoms with Gasteiger partial charge in [0.25, 0.3) is 5.69 Å². The summed E-state index contributed by atoms with van der Waals surface area (Å²) in [5, 5.41) is 14.2. The molecule has 1 atom stereocenters. The first kappa shape index (κ1) is 13.5. The van der Waals surface area contributed by atoms with Crippen molar-refractivity contribution in [1.29, 1.82) is 0 Å². The number of nitrogens with zero attached hydrogens (tertiary/aromatic N) is 1. The van der Waals surface area contributed by atoms with Crippen molar-refractivity contribution in [3.8, 4) is 0 Å². The number of anilines is 1. The van der Waals surface area contributed by atoms with E-state index < -0.39 is 4.92 Å². The molecule has 0 bridgehead atoms. The minimum atomic E-state index is -0.400. The molecule has 108 valence electrons. The molecule has 0 radical (unpaired) electrons. The molecule has 0 fully saturated rings. The molecule has 0 aromatic heterocycles. The minimum Gasteiger partial charge on any atom is -0.378 e. The Morgan fingerprint density at radius 1 is 1.29 bits per heavy atom. The number of nitro benzene ring substituents is 1. The van der Waals surface area contributed by atoms with Gasteiger partial charge in [-0.3, -0.25) is 10.1 Å². The lowest BCUT2D eigenvalue weighted by Crippen LogP contribution is -2.08. The first-order valence-electron chi connectivity index (χ1n) is 6.84. The van der Waals surface area contributed by atoms with Crippen LogP contribution in [0.1, 0.15) is 29.2 Å². The molecule has 0 saturated heterocycles. The molecule has 1 aliphatic carbocycles. The highest BCUT2D eigenvalue weighted by Gasteiger charge is 2.23. The van der Waals surface area contributed by atoms with E-state index in [4.69, 9.17) is 0 Å². The summed E-state index contributed by atoms with van der Waals surface area (Å²) < 4.78 is 13.2. The SMILES string of the molecule is Cc1ccc([N+](=O)[O-])cc1NC1CCc2cc(F)ccc21. The number of non-ortho nitro benzene ring substituents is 1. The zero-order valence-electron chi connectivity index (χ0n) is 11.6. The van der Waals surface area contributed by atoms with Gasteiger partial charge in [0.05, 0.1) is 11.0 Å². The van der Waals surface area contributed by atoms with Gasteiger partial charge in [0.1, 0.15) is 5.82 Å². The van der Waals surface area contributed by atoms with Crippen molar-refractivity contribution in [2.75, 3.05) is 5.32 Å². The van der Waals surface area contributed by atoms with Crippen molar-refractivity contribution in [3.05, 3.63) is 69.0 Å². The summed E-state index contributed by atoms with van der Waals surface area (Å²) in [6.07, 6.45) is 1.68. The molecule has 0 aliphatic heterocycles. The van der Waals surface area contributed by atoms with Crippen LogP contribution in [0.4, 0.5) is 15.8 Å². The smallest absolute Gasteiger partial charge is 0.271 e. The third kappa shape index (κ3) is 2.59. The Morgan fingerprint density at radius 3 is 2.86 bits per heavy atom. The van der Waals surface area contributed by atoms with Crippen molar-refractivity contribution in [2.24, 2.45) is 0 Å². The summed E-state index contributed by atoms with van der Waals surface area (Å²) >= 11 is 0. The lowest BCUT2D eigenvalue weighted by Gasteiger charge is -2.17. The highest BCUT2D eigenvalue weighted by molar-refractivity contribution is 5.58. The monoisotopic (exact) mass is 286 g/mol. The minimum absolute atomic E-state index is 0.0698. The molecule has 1 N–H and O–H groups in total. The number of nitrogens with one attached hydrogen (secondary N) is 1.